The van der Waals surface area contributed by atoms with E-state index >= 15 is 0 Å². The number of nitrogens with one attached hydrogen (secondary N) is 1. The molecular weight excluding hydrogens is 668 g/mol. The molecule has 0 saturated carbocycles. The Morgan fingerprint density at radius 2 is 1.79 bits per heavy atom. The van der Waals surface area contributed by atoms with E-state index in [2.05, 4.69) is 46.7 Å². The zero-order valence-corrected chi connectivity index (χ0v) is 30.1. The second-order valence-electron chi connectivity index (χ2n) is 14.8. The number of carbonyl (C=O) groups is 2. The highest BCUT2D eigenvalue weighted by Gasteiger charge is 2.45. The molecule has 9 rings (SSSR count). The molecule has 0 aromatic heterocycles. The smallest absolute Gasteiger partial charge is 0.260 e. The van der Waals surface area contributed by atoms with Crippen LogP contribution in [-0.2, 0) is 20.7 Å². The van der Waals surface area contributed by atoms with Crippen LogP contribution in [0.2, 0.25) is 0 Å². The second kappa shape index (κ2) is 13.8. The molecule has 2 amide bonds. The molecule has 3 aliphatic carbocycles. The number of para-hydroxylation sites is 1. The van der Waals surface area contributed by atoms with Gasteiger partial charge in [0.15, 0.2) is 17.3 Å². The predicted molar refractivity (Wildman–Crippen MR) is 203 cm³/mol. The fourth-order valence-electron chi connectivity index (χ4n) is 8.98. The van der Waals surface area contributed by atoms with E-state index in [-0.39, 0.29) is 41.9 Å². The molecule has 10 nitrogen and oxygen atoms in total. The summed E-state index contributed by atoms with van der Waals surface area (Å²) >= 11 is 0. The fraction of sp³-hybridized carbons (Fsp3) is 0.372. The molecule has 1 fully saturated rings. The number of aliphatic imine (C=N–C) groups is 1. The van der Waals surface area contributed by atoms with Gasteiger partial charge < -0.3 is 34.1 Å². The normalized spacial score (nSPS) is 27.9. The summed E-state index contributed by atoms with van der Waals surface area (Å²) in [5, 5.41) is 3.51. The van der Waals surface area contributed by atoms with Gasteiger partial charge in [-0.2, -0.15) is 0 Å². The van der Waals surface area contributed by atoms with Crippen LogP contribution in [0.15, 0.2) is 113 Å². The van der Waals surface area contributed by atoms with Crippen LogP contribution in [0.5, 0.6) is 11.5 Å². The molecule has 4 heterocycles. The van der Waals surface area contributed by atoms with Crippen molar-refractivity contribution in [2.45, 2.75) is 56.3 Å². The lowest BCUT2D eigenvalue weighted by Crippen LogP contribution is -2.45. The summed E-state index contributed by atoms with van der Waals surface area (Å²) in [7, 11) is 3.22. The number of fused-ring (bicyclic) bond motifs is 8. The van der Waals surface area contributed by atoms with E-state index in [4.69, 9.17) is 23.9 Å². The lowest BCUT2D eigenvalue weighted by molar-refractivity contribution is -0.129. The molecule has 0 bridgehead atoms. The van der Waals surface area contributed by atoms with E-state index in [1.165, 1.54) is 5.56 Å². The van der Waals surface area contributed by atoms with E-state index < -0.39 is 0 Å². The summed E-state index contributed by atoms with van der Waals surface area (Å²) < 4.78 is 24.3. The Morgan fingerprint density at radius 1 is 0.906 bits per heavy atom. The van der Waals surface area contributed by atoms with E-state index in [0.29, 0.717) is 66.3 Å². The molecule has 4 aliphatic heterocycles. The third-order valence-electron chi connectivity index (χ3n) is 11.6. The summed E-state index contributed by atoms with van der Waals surface area (Å²) in [6.45, 7) is 1.47. The minimum absolute atomic E-state index is 0.0351. The SMILES string of the molecule is COC1=C(OCC2=CC=CC(COc3cc4c(cc3OC)C(=O)N3c5ccccc5C[C@H]3CN4)C2)CC2N=CCC3CC4C=CC=CC4N3C(=O)C2=C1. The number of allylic oxidation sites excluding steroid dienone is 5. The number of carbonyl (C=O) groups excluding carboxylic acids is 2. The maximum atomic E-state index is 14.0. The quantitative estimate of drug-likeness (QED) is 0.341. The maximum absolute atomic E-state index is 14.0. The third-order valence-corrected chi connectivity index (χ3v) is 11.6. The Bertz CT molecular complexity index is 2060. The van der Waals surface area contributed by atoms with E-state index in [0.717, 1.165) is 42.6 Å². The largest absolute Gasteiger partial charge is 0.493 e. The number of ether oxygens (including phenoxy) is 4. The topological polar surface area (TPSA) is 102 Å². The first-order chi connectivity index (χ1) is 26.0. The van der Waals surface area contributed by atoms with Crippen LogP contribution in [0.25, 0.3) is 0 Å². The molecule has 7 aliphatic rings. The predicted octanol–water partition coefficient (Wildman–Crippen LogP) is 6.33. The van der Waals surface area contributed by atoms with Crippen molar-refractivity contribution in [1.82, 2.24) is 4.90 Å². The highest BCUT2D eigenvalue weighted by Crippen LogP contribution is 2.42. The van der Waals surface area contributed by atoms with Gasteiger partial charge in [-0.1, -0.05) is 60.7 Å². The van der Waals surface area contributed by atoms with Crippen molar-refractivity contribution in [2.24, 2.45) is 16.8 Å². The minimum atomic E-state index is -0.311. The first kappa shape index (κ1) is 33.3. The number of nitrogens with zero attached hydrogens (tertiary/aromatic N) is 3. The van der Waals surface area contributed by atoms with Crippen LogP contribution in [0, 0.1) is 11.8 Å². The Balaban J connectivity index is 0.854. The molecule has 0 spiro atoms. The molecule has 6 atom stereocenters. The summed E-state index contributed by atoms with van der Waals surface area (Å²) in [5.74, 6) is 2.85. The summed E-state index contributed by atoms with van der Waals surface area (Å²) in [4.78, 5) is 36.7. The Morgan fingerprint density at radius 3 is 2.68 bits per heavy atom. The zero-order chi connectivity index (χ0) is 36.1. The van der Waals surface area contributed by atoms with Gasteiger partial charge in [0.2, 0.25) is 0 Å². The maximum Gasteiger partial charge on any atom is 0.260 e. The van der Waals surface area contributed by atoms with Crippen LogP contribution in [-0.4, -0.2) is 81.1 Å². The molecule has 1 saturated heterocycles. The van der Waals surface area contributed by atoms with Gasteiger partial charge in [-0.3, -0.25) is 14.6 Å². The van der Waals surface area contributed by atoms with Gasteiger partial charge in [-0.15, -0.1) is 0 Å². The first-order valence-corrected chi connectivity index (χ1v) is 18.7. The Labute approximate surface area is 309 Å². The van der Waals surface area contributed by atoms with Gasteiger partial charge in [-0.25, -0.2) is 0 Å². The molecule has 1 N–H and O–H groups in total. The number of hydrogen-bond donors (Lipinski definition) is 1. The number of rotatable bonds is 8. The lowest BCUT2D eigenvalue weighted by atomic mass is 9.93. The number of amides is 2. The van der Waals surface area contributed by atoms with Gasteiger partial charge in [0.25, 0.3) is 11.8 Å². The van der Waals surface area contributed by atoms with Crippen LogP contribution < -0.4 is 19.7 Å². The summed E-state index contributed by atoms with van der Waals surface area (Å²) in [6.07, 6.45) is 22.4. The van der Waals surface area contributed by atoms with Gasteiger partial charge in [0.1, 0.15) is 12.4 Å². The molecular formula is C43H44N4O6. The highest BCUT2D eigenvalue weighted by atomic mass is 16.5. The van der Waals surface area contributed by atoms with Crippen molar-refractivity contribution >= 4 is 29.4 Å². The Hall–Kier alpha value is -5.51. The molecule has 0 radical (unpaired) electrons. The van der Waals surface area contributed by atoms with Crippen LogP contribution in [0.4, 0.5) is 11.4 Å². The summed E-state index contributed by atoms with van der Waals surface area (Å²) in [6, 6.07) is 11.8. The lowest BCUT2D eigenvalue weighted by Gasteiger charge is -2.35. The molecule has 10 heteroatoms. The Kier molecular flexibility index (Phi) is 8.68. The number of hydrogen-bond acceptors (Lipinski definition) is 8. The van der Waals surface area contributed by atoms with Crippen molar-refractivity contribution in [3.05, 3.63) is 119 Å². The standard InChI is InChI=1S/C43H44N4O6/c1-50-38-19-32-34(44-15-14-30-17-28-10-3-5-12-36(28)46(30)42(32)48)21-40(38)52-24-26-8-7-9-27(16-26)25-53-41-22-35-33(20-39(41)51-2)43(49)47-31(23-45-35)18-29-11-4-6-13-37(29)47/h3-13,15,19-20,22,27-28,30-31,34,36,45H,14,16-18,21,23-25H2,1-2H3/t27?,28?,30?,31-,34?,36?/m0/s1. The molecule has 2 aromatic rings. The van der Waals surface area contributed by atoms with Crippen molar-refractivity contribution in [2.75, 3.05) is 44.2 Å². The van der Waals surface area contributed by atoms with Crippen molar-refractivity contribution in [3.8, 4) is 11.5 Å². The van der Waals surface area contributed by atoms with Crippen LogP contribution in [0.1, 0.15) is 41.6 Å². The van der Waals surface area contributed by atoms with Gasteiger partial charge in [0, 0.05) is 60.8 Å². The fourth-order valence-corrected chi connectivity index (χ4v) is 8.98. The van der Waals surface area contributed by atoms with E-state index in [9.17, 15) is 9.59 Å². The molecule has 53 heavy (non-hydrogen) atoms. The molecule has 5 unspecified atom stereocenters. The van der Waals surface area contributed by atoms with Crippen molar-refractivity contribution in [1.29, 1.82) is 0 Å². The van der Waals surface area contributed by atoms with Crippen molar-refractivity contribution in [3.63, 3.8) is 0 Å². The van der Waals surface area contributed by atoms with Gasteiger partial charge in [-0.05, 0) is 48.6 Å². The zero-order valence-electron chi connectivity index (χ0n) is 30.1. The van der Waals surface area contributed by atoms with Crippen molar-refractivity contribution < 1.29 is 28.5 Å². The average Bonchev–Trinajstić information content (AvgIpc) is 3.71. The third kappa shape index (κ3) is 6.03. The molecule has 272 valence electrons. The average molecular weight is 713 g/mol. The van der Waals surface area contributed by atoms with Gasteiger partial charge in [0.05, 0.1) is 50.2 Å². The number of anilines is 2. The number of methoxy groups -OCH3 is 2. The summed E-state index contributed by atoms with van der Waals surface area (Å²) in [5.41, 5.74) is 5.28. The van der Waals surface area contributed by atoms with Gasteiger partial charge >= 0.3 is 0 Å². The second-order valence-corrected chi connectivity index (χ2v) is 14.8. The van der Waals surface area contributed by atoms with Crippen LogP contribution in [0.3, 0.4) is 0 Å². The number of benzene rings is 2. The first-order valence-electron chi connectivity index (χ1n) is 18.7. The minimum Gasteiger partial charge on any atom is -0.493 e. The molecule has 2 aromatic carbocycles. The van der Waals surface area contributed by atoms with Crippen LogP contribution >= 0.6 is 0 Å². The van der Waals surface area contributed by atoms with E-state index in [1.54, 1.807) is 20.3 Å². The van der Waals surface area contributed by atoms with E-state index in [1.807, 2.05) is 53.6 Å². The highest BCUT2D eigenvalue weighted by molar-refractivity contribution is 6.12. The monoisotopic (exact) mass is 712 g/mol.